The van der Waals surface area contributed by atoms with Gasteiger partial charge in [0.1, 0.15) is 5.75 Å². The van der Waals surface area contributed by atoms with Gasteiger partial charge in [-0.1, -0.05) is 23.8 Å². The van der Waals surface area contributed by atoms with E-state index in [9.17, 15) is 0 Å². The van der Waals surface area contributed by atoms with Gasteiger partial charge in [0.2, 0.25) is 0 Å². The molecule has 1 aromatic carbocycles. The summed E-state index contributed by atoms with van der Waals surface area (Å²) >= 11 is 11.5. The van der Waals surface area contributed by atoms with Crippen LogP contribution in [0.15, 0.2) is 24.3 Å². The van der Waals surface area contributed by atoms with Gasteiger partial charge in [0.15, 0.2) is 0 Å². The zero-order chi connectivity index (χ0) is 12.0. The number of aryl methyl sites for hydroxylation is 1. The number of rotatable bonds is 5. The van der Waals surface area contributed by atoms with E-state index >= 15 is 0 Å². The van der Waals surface area contributed by atoms with Crippen molar-refractivity contribution >= 4 is 28.9 Å². The molecule has 2 nitrogen and oxygen atoms in total. The highest BCUT2D eigenvalue weighted by Crippen LogP contribution is 2.30. The molecule has 16 heavy (non-hydrogen) atoms. The predicted molar refractivity (Wildman–Crippen MR) is 71.1 cm³/mol. The van der Waals surface area contributed by atoms with Crippen molar-refractivity contribution in [3.63, 3.8) is 0 Å². The van der Waals surface area contributed by atoms with E-state index in [1.54, 1.807) is 7.11 Å². The minimum atomic E-state index is 0.526. The average molecular weight is 260 g/mol. The van der Waals surface area contributed by atoms with Gasteiger partial charge in [-0.2, -0.15) is 0 Å². The third-order valence-electron chi connectivity index (χ3n) is 2.15. The zero-order valence-electron chi connectivity index (χ0n) is 9.39. The van der Waals surface area contributed by atoms with E-state index in [-0.39, 0.29) is 0 Å². The van der Waals surface area contributed by atoms with E-state index in [1.807, 2.05) is 31.2 Å². The first-order valence-corrected chi connectivity index (χ1v) is 5.89. The molecule has 0 fully saturated rings. The SMILES string of the molecule is COc1cc(Cl)c(C)cc1NC/C=C/CCl. The van der Waals surface area contributed by atoms with Crippen LogP contribution >= 0.6 is 23.2 Å². The van der Waals surface area contributed by atoms with E-state index in [0.717, 1.165) is 17.0 Å². The van der Waals surface area contributed by atoms with Crippen molar-refractivity contribution in [1.29, 1.82) is 0 Å². The molecule has 1 rings (SSSR count). The first-order chi connectivity index (χ1) is 7.69. The molecule has 0 bridgehead atoms. The van der Waals surface area contributed by atoms with E-state index in [1.165, 1.54) is 0 Å². The maximum atomic E-state index is 6.01. The topological polar surface area (TPSA) is 21.3 Å². The molecule has 0 saturated heterocycles. The Morgan fingerprint density at radius 2 is 2.12 bits per heavy atom. The molecule has 0 aromatic heterocycles. The molecule has 0 aliphatic carbocycles. The van der Waals surface area contributed by atoms with Gasteiger partial charge in [0.25, 0.3) is 0 Å². The minimum absolute atomic E-state index is 0.526. The van der Waals surface area contributed by atoms with Crippen LogP contribution in [0.1, 0.15) is 5.56 Å². The molecule has 0 atom stereocenters. The molecule has 0 spiro atoms. The Kier molecular flexibility index (Phi) is 5.50. The highest BCUT2D eigenvalue weighted by atomic mass is 35.5. The molecule has 0 aliphatic heterocycles. The summed E-state index contributed by atoms with van der Waals surface area (Å²) in [6, 6.07) is 3.78. The largest absolute Gasteiger partial charge is 0.495 e. The summed E-state index contributed by atoms with van der Waals surface area (Å²) in [6.45, 7) is 2.67. The third kappa shape index (κ3) is 3.62. The van der Waals surface area contributed by atoms with Crippen LogP contribution in [0.3, 0.4) is 0 Å². The van der Waals surface area contributed by atoms with Crippen molar-refractivity contribution in [3.05, 3.63) is 34.9 Å². The van der Waals surface area contributed by atoms with Crippen LogP contribution in [0.2, 0.25) is 5.02 Å². The number of ether oxygens (including phenoxy) is 1. The number of nitrogens with one attached hydrogen (secondary N) is 1. The first-order valence-electron chi connectivity index (χ1n) is 4.98. The fraction of sp³-hybridized carbons (Fsp3) is 0.333. The van der Waals surface area contributed by atoms with Gasteiger partial charge >= 0.3 is 0 Å². The summed E-state index contributed by atoms with van der Waals surface area (Å²) in [5, 5.41) is 3.95. The number of allylic oxidation sites excluding steroid dienone is 1. The number of hydrogen-bond acceptors (Lipinski definition) is 2. The monoisotopic (exact) mass is 259 g/mol. The maximum Gasteiger partial charge on any atom is 0.143 e. The van der Waals surface area contributed by atoms with Gasteiger partial charge in [0, 0.05) is 23.5 Å². The van der Waals surface area contributed by atoms with Crippen molar-refractivity contribution in [2.75, 3.05) is 24.9 Å². The Labute approximate surface area is 106 Å². The quantitative estimate of drug-likeness (QED) is 0.641. The molecule has 4 heteroatoms. The summed E-state index contributed by atoms with van der Waals surface area (Å²) < 4.78 is 5.24. The Morgan fingerprint density at radius 1 is 1.38 bits per heavy atom. The van der Waals surface area contributed by atoms with Gasteiger partial charge in [0.05, 0.1) is 12.8 Å². The van der Waals surface area contributed by atoms with Crippen LogP contribution in [-0.2, 0) is 0 Å². The third-order valence-corrected chi connectivity index (χ3v) is 2.73. The van der Waals surface area contributed by atoms with Crippen molar-refractivity contribution in [2.45, 2.75) is 6.92 Å². The van der Waals surface area contributed by atoms with Crippen molar-refractivity contribution < 1.29 is 4.74 Å². The molecule has 0 saturated carbocycles. The lowest BCUT2D eigenvalue weighted by atomic mass is 10.2. The standard InChI is InChI=1S/C12H15Cl2NO/c1-9-7-11(15-6-4-3-5-13)12(16-2)8-10(9)14/h3-4,7-8,15H,5-6H2,1-2H3/b4-3+. The molecule has 0 radical (unpaired) electrons. The molecular weight excluding hydrogens is 245 g/mol. The molecule has 0 heterocycles. The Bertz CT molecular complexity index is 378. The fourth-order valence-corrected chi connectivity index (χ4v) is 1.57. The van der Waals surface area contributed by atoms with Crippen molar-refractivity contribution in [1.82, 2.24) is 0 Å². The van der Waals surface area contributed by atoms with Crippen LogP contribution in [0.25, 0.3) is 0 Å². The Balaban J connectivity index is 2.78. The number of hydrogen-bond donors (Lipinski definition) is 1. The van der Waals surface area contributed by atoms with Crippen molar-refractivity contribution in [3.8, 4) is 5.75 Å². The summed E-state index contributed by atoms with van der Waals surface area (Å²) in [6.07, 6.45) is 3.86. The second-order valence-electron chi connectivity index (χ2n) is 3.31. The molecule has 1 aromatic rings. The van der Waals surface area contributed by atoms with Crippen LogP contribution in [0, 0.1) is 6.92 Å². The summed E-state index contributed by atoms with van der Waals surface area (Å²) in [5.41, 5.74) is 1.95. The first kappa shape index (κ1) is 13.2. The van der Waals surface area contributed by atoms with Gasteiger partial charge in [-0.3, -0.25) is 0 Å². The highest BCUT2D eigenvalue weighted by Gasteiger charge is 2.05. The van der Waals surface area contributed by atoms with Crippen LogP contribution < -0.4 is 10.1 Å². The molecule has 88 valence electrons. The van der Waals surface area contributed by atoms with Gasteiger partial charge in [-0.05, 0) is 18.6 Å². The highest BCUT2D eigenvalue weighted by molar-refractivity contribution is 6.31. The van der Waals surface area contributed by atoms with Gasteiger partial charge in [-0.25, -0.2) is 0 Å². The summed E-state index contributed by atoms with van der Waals surface area (Å²) in [7, 11) is 1.63. The normalized spacial score (nSPS) is 10.8. The second-order valence-corrected chi connectivity index (χ2v) is 4.02. The summed E-state index contributed by atoms with van der Waals surface area (Å²) in [5.74, 6) is 1.27. The van der Waals surface area contributed by atoms with Crippen LogP contribution in [0.5, 0.6) is 5.75 Å². The van der Waals surface area contributed by atoms with Gasteiger partial charge in [-0.15, -0.1) is 11.6 Å². The fourth-order valence-electron chi connectivity index (χ4n) is 1.29. The molecule has 0 aliphatic rings. The lowest BCUT2D eigenvalue weighted by Crippen LogP contribution is -2.01. The molecular formula is C12H15Cl2NO. The number of methoxy groups -OCH3 is 1. The second kappa shape index (κ2) is 6.66. The van der Waals surface area contributed by atoms with Crippen molar-refractivity contribution in [2.24, 2.45) is 0 Å². The van der Waals surface area contributed by atoms with E-state index in [2.05, 4.69) is 5.32 Å². The molecule has 0 unspecified atom stereocenters. The van der Waals surface area contributed by atoms with E-state index < -0.39 is 0 Å². The molecule has 1 N–H and O–H groups in total. The van der Waals surface area contributed by atoms with Crippen LogP contribution in [-0.4, -0.2) is 19.5 Å². The number of anilines is 1. The predicted octanol–water partition coefficient (Wildman–Crippen LogP) is 3.86. The number of halogens is 2. The number of benzene rings is 1. The zero-order valence-corrected chi connectivity index (χ0v) is 10.9. The van der Waals surface area contributed by atoms with Gasteiger partial charge < -0.3 is 10.1 Å². The lowest BCUT2D eigenvalue weighted by molar-refractivity contribution is 0.416. The lowest BCUT2D eigenvalue weighted by Gasteiger charge is -2.11. The molecule has 0 amide bonds. The minimum Gasteiger partial charge on any atom is -0.495 e. The smallest absolute Gasteiger partial charge is 0.143 e. The maximum absolute atomic E-state index is 6.01. The summed E-state index contributed by atoms with van der Waals surface area (Å²) in [4.78, 5) is 0. The van der Waals surface area contributed by atoms with E-state index in [4.69, 9.17) is 27.9 Å². The average Bonchev–Trinajstić information content (AvgIpc) is 2.28. The van der Waals surface area contributed by atoms with E-state index in [0.29, 0.717) is 17.4 Å². The number of alkyl halides is 1. The Hall–Kier alpha value is -0.860. The Morgan fingerprint density at radius 3 is 2.75 bits per heavy atom. The van der Waals surface area contributed by atoms with Crippen LogP contribution in [0.4, 0.5) is 5.69 Å².